The summed E-state index contributed by atoms with van der Waals surface area (Å²) in [6.45, 7) is 11.7. The molecule has 1 aliphatic carbocycles. The van der Waals surface area contributed by atoms with Gasteiger partial charge in [-0.15, -0.1) is 0 Å². The van der Waals surface area contributed by atoms with Crippen LogP contribution in [0.5, 0.6) is 0 Å². The highest BCUT2D eigenvalue weighted by Crippen LogP contribution is 2.55. The maximum absolute atomic E-state index is 13.6. The number of likely N-dealkylation sites (tertiary alicyclic amines) is 1. The zero-order valence-electron chi connectivity index (χ0n) is 17.6. The Bertz CT molecular complexity index is 731. The van der Waals surface area contributed by atoms with Crippen molar-refractivity contribution in [2.24, 2.45) is 34.6 Å². The third-order valence-corrected chi connectivity index (χ3v) is 6.80. The van der Waals surface area contributed by atoms with Crippen LogP contribution in [0.15, 0.2) is 29.5 Å². The standard InChI is InChI=1S/C23H34N4O/c1-15(2)8-20-18-9-19-14-27(13-16(3)4)21(20)23(19,26-12-18)22(28)25-11-17-6-5-7-24-10-17/h5-7,10,12,15-16,18-21H,8-9,11,13-14H2,1-4H3,(H,25,28)/t18-,19-,20+,21-,23-/m0/s1. The summed E-state index contributed by atoms with van der Waals surface area (Å²) in [6, 6.07) is 4.16. The molecule has 1 saturated heterocycles. The Labute approximate surface area is 169 Å². The van der Waals surface area contributed by atoms with Gasteiger partial charge in [0, 0.05) is 50.2 Å². The monoisotopic (exact) mass is 382 g/mol. The predicted molar refractivity (Wildman–Crippen MR) is 112 cm³/mol. The van der Waals surface area contributed by atoms with Gasteiger partial charge in [-0.05, 0) is 48.1 Å². The lowest BCUT2D eigenvalue weighted by Gasteiger charge is -2.51. The first-order chi connectivity index (χ1) is 13.4. The Balaban J connectivity index is 1.62. The van der Waals surface area contributed by atoms with Crippen LogP contribution in [0.4, 0.5) is 0 Å². The minimum atomic E-state index is -0.606. The van der Waals surface area contributed by atoms with Crippen LogP contribution in [0.1, 0.15) is 46.1 Å². The van der Waals surface area contributed by atoms with Crippen LogP contribution in [0.2, 0.25) is 0 Å². The normalized spacial score (nSPS) is 33.8. The molecule has 1 aromatic rings. The molecule has 1 saturated carbocycles. The summed E-state index contributed by atoms with van der Waals surface area (Å²) in [5.74, 6) is 2.73. The van der Waals surface area contributed by atoms with Gasteiger partial charge in [0.25, 0.3) is 0 Å². The highest BCUT2D eigenvalue weighted by Gasteiger charge is 2.67. The van der Waals surface area contributed by atoms with Crippen molar-refractivity contribution < 1.29 is 4.79 Å². The van der Waals surface area contributed by atoms with Crippen molar-refractivity contribution in [3.8, 4) is 0 Å². The summed E-state index contributed by atoms with van der Waals surface area (Å²) in [5, 5.41) is 3.21. The van der Waals surface area contributed by atoms with Crippen molar-refractivity contribution in [2.45, 2.75) is 58.7 Å². The van der Waals surface area contributed by atoms with E-state index < -0.39 is 5.54 Å². The maximum Gasteiger partial charge on any atom is 0.250 e. The van der Waals surface area contributed by atoms with E-state index in [9.17, 15) is 4.79 Å². The average Bonchev–Trinajstić information content (AvgIpc) is 2.91. The molecule has 152 valence electrons. The Kier molecular flexibility index (Phi) is 5.30. The van der Waals surface area contributed by atoms with Crippen molar-refractivity contribution in [3.63, 3.8) is 0 Å². The van der Waals surface area contributed by atoms with Crippen molar-refractivity contribution in [2.75, 3.05) is 13.1 Å². The fourth-order valence-electron chi connectivity index (χ4n) is 5.93. The second-order valence-corrected chi connectivity index (χ2v) is 9.83. The molecule has 0 unspecified atom stereocenters. The van der Waals surface area contributed by atoms with Gasteiger partial charge < -0.3 is 5.32 Å². The van der Waals surface area contributed by atoms with Crippen LogP contribution < -0.4 is 5.32 Å². The molecule has 3 aliphatic heterocycles. The molecule has 0 spiro atoms. The number of nitrogens with zero attached hydrogens (tertiary/aromatic N) is 3. The van der Waals surface area contributed by atoms with Gasteiger partial charge in [-0.3, -0.25) is 19.7 Å². The van der Waals surface area contributed by atoms with Gasteiger partial charge in [0.05, 0.1) is 0 Å². The Morgan fingerprint density at radius 2 is 2.14 bits per heavy atom. The topological polar surface area (TPSA) is 57.6 Å². The molecule has 5 nitrogen and oxygen atoms in total. The molecule has 4 bridgehead atoms. The van der Waals surface area contributed by atoms with Crippen molar-refractivity contribution in [1.29, 1.82) is 0 Å². The van der Waals surface area contributed by atoms with Crippen LogP contribution >= 0.6 is 0 Å². The fraction of sp³-hybridized carbons (Fsp3) is 0.696. The number of rotatable bonds is 7. The minimum absolute atomic E-state index is 0.112. The number of pyridine rings is 1. The first-order valence-electron chi connectivity index (χ1n) is 10.9. The van der Waals surface area contributed by atoms with Crippen LogP contribution in [-0.4, -0.2) is 46.7 Å². The van der Waals surface area contributed by atoms with Crippen molar-refractivity contribution >= 4 is 12.1 Å². The number of amides is 1. The summed E-state index contributed by atoms with van der Waals surface area (Å²) in [5.41, 5.74) is 0.427. The second-order valence-electron chi connectivity index (χ2n) is 9.83. The van der Waals surface area contributed by atoms with E-state index in [0.29, 0.717) is 36.1 Å². The van der Waals surface area contributed by atoms with Crippen LogP contribution in [-0.2, 0) is 11.3 Å². The van der Waals surface area contributed by atoms with Crippen LogP contribution in [0, 0.1) is 29.6 Å². The van der Waals surface area contributed by atoms with E-state index in [1.807, 2.05) is 18.3 Å². The van der Waals surface area contributed by atoms with Crippen LogP contribution in [0.25, 0.3) is 0 Å². The minimum Gasteiger partial charge on any atom is -0.350 e. The molecule has 4 aliphatic rings. The van der Waals surface area contributed by atoms with Gasteiger partial charge in [-0.1, -0.05) is 33.8 Å². The number of hydrogen-bond acceptors (Lipinski definition) is 4. The molecule has 2 fully saturated rings. The highest BCUT2D eigenvalue weighted by atomic mass is 16.2. The number of nitrogens with one attached hydrogen (secondary N) is 1. The van der Waals surface area contributed by atoms with E-state index in [2.05, 4.69) is 49.1 Å². The van der Waals surface area contributed by atoms with E-state index in [0.717, 1.165) is 25.1 Å². The van der Waals surface area contributed by atoms with E-state index in [-0.39, 0.29) is 11.9 Å². The summed E-state index contributed by atoms with van der Waals surface area (Å²) in [7, 11) is 0. The molecule has 1 amide bonds. The fourth-order valence-corrected chi connectivity index (χ4v) is 5.93. The zero-order valence-corrected chi connectivity index (χ0v) is 17.6. The summed E-state index contributed by atoms with van der Waals surface area (Å²) < 4.78 is 0. The van der Waals surface area contributed by atoms with Gasteiger partial charge in [-0.2, -0.15) is 0 Å². The average molecular weight is 383 g/mol. The van der Waals surface area contributed by atoms with E-state index in [4.69, 9.17) is 4.99 Å². The molecule has 0 aromatic carbocycles. The lowest BCUT2D eigenvalue weighted by atomic mass is 9.59. The van der Waals surface area contributed by atoms with Gasteiger partial charge in [0.2, 0.25) is 5.91 Å². The summed E-state index contributed by atoms with van der Waals surface area (Å²) >= 11 is 0. The molecule has 5 rings (SSSR count). The number of carbonyl (C=O) groups is 1. The first-order valence-corrected chi connectivity index (χ1v) is 10.9. The third kappa shape index (κ3) is 3.28. The molecule has 5 atom stereocenters. The quantitative estimate of drug-likeness (QED) is 0.788. The number of hydrogen-bond donors (Lipinski definition) is 1. The molecule has 28 heavy (non-hydrogen) atoms. The van der Waals surface area contributed by atoms with Gasteiger partial charge >= 0.3 is 0 Å². The largest absolute Gasteiger partial charge is 0.350 e. The molecule has 4 heterocycles. The first kappa shape index (κ1) is 19.6. The van der Waals surface area contributed by atoms with E-state index in [1.165, 1.54) is 6.42 Å². The van der Waals surface area contributed by atoms with E-state index >= 15 is 0 Å². The number of carbonyl (C=O) groups excluding carboxylic acids is 1. The van der Waals surface area contributed by atoms with Gasteiger partial charge in [0.1, 0.15) is 0 Å². The summed E-state index contributed by atoms with van der Waals surface area (Å²) in [4.78, 5) is 25.4. The molecule has 5 heteroatoms. The molecular weight excluding hydrogens is 348 g/mol. The smallest absolute Gasteiger partial charge is 0.250 e. The number of aromatic nitrogens is 1. The summed E-state index contributed by atoms with van der Waals surface area (Å²) in [6.07, 6.45) is 7.98. The van der Waals surface area contributed by atoms with E-state index in [1.54, 1.807) is 6.20 Å². The number of aliphatic imine (C=N–C) groups is 1. The Hall–Kier alpha value is -1.75. The zero-order chi connectivity index (χ0) is 19.9. The Morgan fingerprint density at radius 3 is 2.82 bits per heavy atom. The molecule has 1 aromatic heterocycles. The van der Waals surface area contributed by atoms with Gasteiger partial charge in [0.15, 0.2) is 5.54 Å². The third-order valence-electron chi connectivity index (χ3n) is 6.80. The molecular formula is C23H34N4O. The lowest BCUT2D eigenvalue weighted by Crippen LogP contribution is -2.65. The second kappa shape index (κ2) is 7.58. The molecule has 1 N–H and O–H groups in total. The maximum atomic E-state index is 13.6. The predicted octanol–water partition coefficient (Wildman–Crippen LogP) is 3.16. The Morgan fingerprint density at radius 1 is 1.32 bits per heavy atom. The SMILES string of the molecule is CC(C)C[C@@H]1[C@@H]2C=N[C@@]3(C(=O)NCc4cccnc4)[C@@H](C2)CN(CC(C)C)[C@@H]13. The van der Waals surface area contributed by atoms with Crippen molar-refractivity contribution in [3.05, 3.63) is 30.1 Å². The lowest BCUT2D eigenvalue weighted by molar-refractivity contribution is -0.132. The van der Waals surface area contributed by atoms with Gasteiger partial charge in [-0.25, -0.2) is 0 Å². The highest BCUT2D eigenvalue weighted by molar-refractivity contribution is 5.92. The van der Waals surface area contributed by atoms with Crippen LogP contribution in [0.3, 0.4) is 0 Å². The molecule has 0 radical (unpaired) electrons. The van der Waals surface area contributed by atoms with Crippen molar-refractivity contribution in [1.82, 2.24) is 15.2 Å².